The lowest BCUT2D eigenvalue weighted by molar-refractivity contribution is 0.0670. The maximum absolute atomic E-state index is 13.4. The molecule has 1 aliphatic rings. The van der Waals surface area contributed by atoms with Gasteiger partial charge in [-0.2, -0.15) is 0 Å². The summed E-state index contributed by atoms with van der Waals surface area (Å²) in [6.07, 6.45) is 0.347. The molecule has 1 unspecified atom stereocenters. The third kappa shape index (κ3) is 5.34. The summed E-state index contributed by atoms with van der Waals surface area (Å²) in [4.78, 5) is 15.1. The summed E-state index contributed by atoms with van der Waals surface area (Å²) in [6, 6.07) is 14.1. The average Bonchev–Trinajstić information content (AvgIpc) is 3.45. The predicted molar refractivity (Wildman–Crippen MR) is 128 cm³/mol. The van der Waals surface area contributed by atoms with Gasteiger partial charge >= 0.3 is 0 Å². The van der Waals surface area contributed by atoms with Crippen LogP contribution in [0.2, 0.25) is 5.02 Å². The van der Waals surface area contributed by atoms with Crippen molar-refractivity contribution in [1.82, 2.24) is 10.1 Å². The van der Waals surface area contributed by atoms with Gasteiger partial charge in [0.2, 0.25) is 0 Å². The van der Waals surface area contributed by atoms with Crippen LogP contribution >= 0.6 is 11.6 Å². The molecule has 34 heavy (non-hydrogen) atoms. The van der Waals surface area contributed by atoms with Crippen LogP contribution in [-0.2, 0) is 26.2 Å². The zero-order valence-corrected chi connectivity index (χ0v) is 20.7. The number of hydrogen-bond donors (Lipinski definition) is 0. The van der Waals surface area contributed by atoms with Crippen molar-refractivity contribution in [3.8, 4) is 11.3 Å². The minimum absolute atomic E-state index is 0.00630. The van der Waals surface area contributed by atoms with Gasteiger partial charge in [0, 0.05) is 29.2 Å². The topological polar surface area (TPSA) is 115 Å². The third-order valence-electron chi connectivity index (χ3n) is 5.78. The van der Waals surface area contributed by atoms with Gasteiger partial charge in [0.25, 0.3) is 5.91 Å². The Kier molecular flexibility index (Phi) is 6.84. The van der Waals surface area contributed by atoms with Crippen molar-refractivity contribution in [3.63, 3.8) is 0 Å². The number of aromatic nitrogens is 1. The van der Waals surface area contributed by atoms with Crippen LogP contribution < -0.4 is 0 Å². The van der Waals surface area contributed by atoms with Crippen LogP contribution in [-0.4, -0.2) is 56.1 Å². The molecule has 0 saturated carbocycles. The third-order valence-corrected chi connectivity index (χ3v) is 9.54. The molecule has 11 heteroatoms. The molecular weight excluding hydrogens is 500 g/mol. The molecule has 0 spiro atoms. The van der Waals surface area contributed by atoms with Crippen LogP contribution in [0.25, 0.3) is 11.3 Å². The number of nitrogens with zero attached hydrogens (tertiary/aromatic N) is 2. The average molecular weight is 523 g/mol. The molecule has 180 valence electrons. The second-order valence-electron chi connectivity index (χ2n) is 8.12. The van der Waals surface area contributed by atoms with Crippen LogP contribution in [0.3, 0.4) is 0 Å². The van der Waals surface area contributed by atoms with Gasteiger partial charge in [0.1, 0.15) is 0 Å². The molecule has 1 amide bonds. The lowest BCUT2D eigenvalue weighted by atomic mass is 10.1. The summed E-state index contributed by atoms with van der Waals surface area (Å²) in [5, 5.41) is 4.47. The van der Waals surface area contributed by atoms with E-state index >= 15 is 0 Å². The number of halogens is 1. The van der Waals surface area contributed by atoms with E-state index in [-0.39, 0.29) is 34.4 Å². The van der Waals surface area contributed by atoms with Gasteiger partial charge in [0.15, 0.2) is 31.1 Å². The molecule has 1 aromatic heterocycles. The van der Waals surface area contributed by atoms with Gasteiger partial charge in [-0.3, -0.25) is 4.79 Å². The van der Waals surface area contributed by atoms with Gasteiger partial charge in [-0.15, -0.1) is 0 Å². The fraction of sp³-hybridized carbons (Fsp3) is 0.304. The monoisotopic (exact) mass is 522 g/mol. The van der Waals surface area contributed by atoms with Crippen LogP contribution in [0.1, 0.15) is 29.4 Å². The lowest BCUT2D eigenvalue weighted by Gasteiger charge is -2.27. The molecule has 0 radical (unpaired) electrons. The molecule has 0 N–H and O–H groups in total. The standard InChI is InChI=1S/C23H23ClN2O6S2/c1-2-34(30,31)20-9-5-17(6-10-20)22-13-21(25-32-22)23(27)26(19-11-12-33(28,29)15-19)14-16-3-7-18(24)8-4-16/h3-10,13,19H,2,11-12,14-15H2,1H3. The quantitative estimate of drug-likeness (QED) is 0.465. The smallest absolute Gasteiger partial charge is 0.276 e. The van der Waals surface area contributed by atoms with E-state index in [1.807, 2.05) is 0 Å². The van der Waals surface area contributed by atoms with Crippen molar-refractivity contribution in [2.45, 2.75) is 30.8 Å². The molecule has 4 rings (SSSR count). The zero-order chi connectivity index (χ0) is 24.5. The number of amides is 1. The Morgan fingerprint density at radius 3 is 2.41 bits per heavy atom. The van der Waals surface area contributed by atoms with Crippen molar-refractivity contribution < 1.29 is 26.2 Å². The zero-order valence-electron chi connectivity index (χ0n) is 18.3. The second kappa shape index (κ2) is 9.52. The fourth-order valence-electron chi connectivity index (χ4n) is 3.83. The molecule has 1 saturated heterocycles. The lowest BCUT2D eigenvalue weighted by Crippen LogP contribution is -2.40. The summed E-state index contributed by atoms with van der Waals surface area (Å²) in [5.74, 6) is -0.233. The Hall–Kier alpha value is -2.69. The molecule has 1 fully saturated rings. The Morgan fingerprint density at radius 1 is 1.15 bits per heavy atom. The number of rotatable bonds is 7. The minimum atomic E-state index is -3.33. The first-order valence-corrected chi connectivity index (χ1v) is 14.5. The largest absolute Gasteiger partial charge is 0.355 e. The van der Waals surface area contributed by atoms with Crippen molar-refractivity contribution in [3.05, 3.63) is 70.9 Å². The van der Waals surface area contributed by atoms with Gasteiger partial charge in [-0.25, -0.2) is 16.8 Å². The fourth-order valence-corrected chi connectivity index (χ4v) is 6.57. The highest BCUT2D eigenvalue weighted by Crippen LogP contribution is 2.26. The SMILES string of the molecule is CCS(=O)(=O)c1ccc(-c2cc(C(=O)N(Cc3ccc(Cl)cc3)C3CCS(=O)(=O)C3)no2)cc1. The number of hydrogen-bond acceptors (Lipinski definition) is 7. The first-order chi connectivity index (χ1) is 16.1. The summed E-state index contributed by atoms with van der Waals surface area (Å²) in [6.45, 7) is 1.77. The maximum Gasteiger partial charge on any atom is 0.276 e. The Labute approximate surface area is 203 Å². The van der Waals surface area contributed by atoms with Gasteiger partial charge < -0.3 is 9.42 Å². The number of carbonyl (C=O) groups excluding carboxylic acids is 1. The summed E-state index contributed by atoms with van der Waals surface area (Å²) in [5.41, 5.74) is 1.41. The molecule has 1 atom stereocenters. The van der Waals surface area contributed by atoms with E-state index in [2.05, 4.69) is 5.16 Å². The predicted octanol–water partition coefficient (Wildman–Crippen LogP) is 3.62. The van der Waals surface area contributed by atoms with E-state index < -0.39 is 31.6 Å². The Bertz CT molecular complexity index is 1400. The van der Waals surface area contributed by atoms with E-state index in [4.69, 9.17) is 16.1 Å². The summed E-state index contributed by atoms with van der Waals surface area (Å²) in [7, 11) is -6.55. The molecule has 3 aromatic rings. The van der Waals surface area contributed by atoms with Crippen LogP contribution in [0.4, 0.5) is 0 Å². The van der Waals surface area contributed by atoms with Gasteiger partial charge in [-0.1, -0.05) is 35.8 Å². The Morgan fingerprint density at radius 2 is 1.82 bits per heavy atom. The first-order valence-electron chi connectivity index (χ1n) is 10.6. The van der Waals surface area contributed by atoms with Gasteiger partial charge in [-0.05, 0) is 48.4 Å². The molecule has 2 aromatic carbocycles. The van der Waals surface area contributed by atoms with Crippen LogP contribution in [0.5, 0.6) is 0 Å². The second-order valence-corrected chi connectivity index (χ2v) is 13.1. The molecule has 2 heterocycles. The first kappa shape index (κ1) is 24.4. The van der Waals surface area contributed by atoms with Crippen LogP contribution in [0, 0.1) is 0 Å². The maximum atomic E-state index is 13.4. The van der Waals surface area contributed by atoms with E-state index in [1.165, 1.54) is 23.1 Å². The van der Waals surface area contributed by atoms with E-state index in [0.29, 0.717) is 22.8 Å². The molecule has 0 aliphatic carbocycles. The molecule has 8 nitrogen and oxygen atoms in total. The van der Waals surface area contributed by atoms with Crippen molar-refractivity contribution in [2.24, 2.45) is 0 Å². The summed E-state index contributed by atoms with van der Waals surface area (Å²) < 4.78 is 53.6. The number of sulfone groups is 2. The van der Waals surface area contributed by atoms with Gasteiger partial charge in [0.05, 0.1) is 22.2 Å². The molecular formula is C23H23ClN2O6S2. The highest BCUT2D eigenvalue weighted by atomic mass is 35.5. The highest BCUT2D eigenvalue weighted by Gasteiger charge is 2.36. The Balaban J connectivity index is 1.60. The van der Waals surface area contributed by atoms with Crippen molar-refractivity contribution in [1.29, 1.82) is 0 Å². The molecule has 0 bridgehead atoms. The highest BCUT2D eigenvalue weighted by molar-refractivity contribution is 7.91. The minimum Gasteiger partial charge on any atom is -0.355 e. The number of benzene rings is 2. The van der Waals surface area contributed by atoms with Crippen molar-refractivity contribution in [2.75, 3.05) is 17.3 Å². The molecule has 1 aliphatic heterocycles. The van der Waals surface area contributed by atoms with E-state index in [0.717, 1.165) is 5.56 Å². The van der Waals surface area contributed by atoms with Crippen LogP contribution in [0.15, 0.2) is 64.0 Å². The summed E-state index contributed by atoms with van der Waals surface area (Å²) >= 11 is 5.96. The van der Waals surface area contributed by atoms with E-state index in [1.54, 1.807) is 43.3 Å². The number of carbonyl (C=O) groups is 1. The van der Waals surface area contributed by atoms with E-state index in [9.17, 15) is 21.6 Å². The normalized spacial score (nSPS) is 17.5. The van der Waals surface area contributed by atoms with Crippen molar-refractivity contribution >= 4 is 37.2 Å².